The van der Waals surface area contributed by atoms with Crippen LogP contribution in [0.15, 0.2) is 41.3 Å². The van der Waals surface area contributed by atoms with E-state index in [0.29, 0.717) is 17.4 Å². The molecule has 178 valence electrons. The van der Waals surface area contributed by atoms with Crippen LogP contribution in [-0.2, 0) is 14.6 Å². The first-order chi connectivity index (χ1) is 15.6. The Balaban J connectivity index is 1.80. The molecule has 0 aliphatic carbocycles. The Labute approximate surface area is 199 Å². The lowest BCUT2D eigenvalue weighted by Crippen LogP contribution is -2.34. The molecule has 0 saturated carbocycles. The molecule has 0 radical (unpaired) electrons. The summed E-state index contributed by atoms with van der Waals surface area (Å²) in [4.78, 5) is 21.8. The monoisotopic (exact) mass is 489 g/mol. The van der Waals surface area contributed by atoms with Crippen LogP contribution in [0.4, 0.5) is 5.13 Å². The molecule has 9 heteroatoms. The maximum Gasteiger partial charge on any atom is 0.229 e. The molecule has 0 aliphatic heterocycles. The molecule has 2 aromatic carbocycles. The molecule has 3 aromatic rings. The molecule has 0 atom stereocenters. The molecule has 1 heterocycles. The Morgan fingerprint density at radius 2 is 1.73 bits per heavy atom. The number of aryl methyl sites for hydroxylation is 2. The maximum absolute atomic E-state index is 13.2. The van der Waals surface area contributed by atoms with Crippen molar-refractivity contribution in [3.05, 3.63) is 47.5 Å². The standard InChI is InChI=1S/C24H31N3O4S2/c1-17-15-21-22(16-18(17)2)32-24(25-21)27(13-6-12-26(3)4)23(28)11-14-33(29,30)20-9-7-19(31-5)8-10-20/h7-10,15-16H,6,11-14H2,1-5H3. The molecule has 0 N–H and O–H groups in total. The van der Waals surface area contributed by atoms with Crippen molar-refractivity contribution < 1.29 is 17.9 Å². The quantitative estimate of drug-likeness (QED) is 0.427. The third-order valence-electron chi connectivity index (χ3n) is 5.51. The van der Waals surface area contributed by atoms with Crippen LogP contribution in [0, 0.1) is 13.8 Å². The highest BCUT2D eigenvalue weighted by Crippen LogP contribution is 2.31. The summed E-state index contributed by atoms with van der Waals surface area (Å²) in [6.45, 7) is 5.39. The number of fused-ring (bicyclic) bond motifs is 1. The van der Waals surface area contributed by atoms with E-state index in [9.17, 15) is 13.2 Å². The van der Waals surface area contributed by atoms with Gasteiger partial charge in [0.2, 0.25) is 5.91 Å². The number of thiazole rings is 1. The summed E-state index contributed by atoms with van der Waals surface area (Å²) in [5, 5.41) is 0.612. The molecule has 0 saturated heterocycles. The number of hydrogen-bond donors (Lipinski definition) is 0. The van der Waals surface area contributed by atoms with Crippen LogP contribution in [0.2, 0.25) is 0 Å². The van der Waals surface area contributed by atoms with Crippen LogP contribution in [0.25, 0.3) is 10.2 Å². The van der Waals surface area contributed by atoms with Gasteiger partial charge in [-0.1, -0.05) is 11.3 Å². The molecular formula is C24H31N3O4S2. The molecule has 1 aromatic heterocycles. The maximum atomic E-state index is 13.2. The van der Waals surface area contributed by atoms with Crippen molar-refractivity contribution in [1.29, 1.82) is 0 Å². The van der Waals surface area contributed by atoms with Crippen molar-refractivity contribution in [2.45, 2.75) is 31.6 Å². The first-order valence-electron chi connectivity index (χ1n) is 10.8. The zero-order valence-corrected chi connectivity index (χ0v) is 21.4. The number of methoxy groups -OCH3 is 1. The van der Waals surface area contributed by atoms with Crippen molar-refractivity contribution in [3.63, 3.8) is 0 Å². The number of nitrogens with zero attached hydrogens (tertiary/aromatic N) is 3. The van der Waals surface area contributed by atoms with Crippen molar-refractivity contribution >= 4 is 42.4 Å². The second kappa shape index (κ2) is 10.6. The number of aromatic nitrogens is 1. The Kier molecular flexibility index (Phi) is 8.10. The van der Waals surface area contributed by atoms with Gasteiger partial charge < -0.3 is 9.64 Å². The summed E-state index contributed by atoms with van der Waals surface area (Å²) in [5.74, 6) is 0.0857. The van der Waals surface area contributed by atoms with Gasteiger partial charge in [0, 0.05) is 13.0 Å². The molecule has 7 nitrogen and oxygen atoms in total. The third-order valence-corrected chi connectivity index (χ3v) is 8.29. The second-order valence-corrected chi connectivity index (χ2v) is 11.5. The first-order valence-corrected chi connectivity index (χ1v) is 13.3. The van der Waals surface area contributed by atoms with Crippen LogP contribution in [-0.4, -0.2) is 64.3 Å². The topological polar surface area (TPSA) is 79.8 Å². The third kappa shape index (κ3) is 6.31. The Bertz CT molecular complexity index is 1180. The van der Waals surface area contributed by atoms with Gasteiger partial charge in [-0.15, -0.1) is 0 Å². The highest BCUT2D eigenvalue weighted by atomic mass is 32.2. The van der Waals surface area contributed by atoms with E-state index in [1.165, 1.54) is 36.1 Å². The van der Waals surface area contributed by atoms with E-state index in [-0.39, 0.29) is 23.0 Å². The minimum Gasteiger partial charge on any atom is -0.497 e. The van der Waals surface area contributed by atoms with Crippen LogP contribution in [0.1, 0.15) is 24.0 Å². The van der Waals surface area contributed by atoms with Gasteiger partial charge in [-0.3, -0.25) is 9.69 Å². The van der Waals surface area contributed by atoms with Crippen LogP contribution >= 0.6 is 11.3 Å². The van der Waals surface area contributed by atoms with E-state index >= 15 is 0 Å². The number of hydrogen-bond acceptors (Lipinski definition) is 7. The predicted octanol–water partition coefficient (Wildman–Crippen LogP) is 4.07. The lowest BCUT2D eigenvalue weighted by molar-refractivity contribution is -0.118. The Hall–Kier alpha value is -2.49. The normalized spacial score (nSPS) is 11.8. The van der Waals surface area contributed by atoms with E-state index in [2.05, 4.69) is 17.9 Å². The van der Waals surface area contributed by atoms with Crippen molar-refractivity contribution in [3.8, 4) is 5.75 Å². The number of amides is 1. The number of benzene rings is 2. The fourth-order valence-corrected chi connectivity index (χ4v) is 5.73. The van der Waals surface area contributed by atoms with E-state index in [4.69, 9.17) is 9.72 Å². The number of sulfone groups is 1. The number of anilines is 1. The van der Waals surface area contributed by atoms with Gasteiger partial charge in [0.25, 0.3) is 0 Å². The minimum atomic E-state index is -3.59. The van der Waals surface area contributed by atoms with Gasteiger partial charge in [-0.25, -0.2) is 13.4 Å². The van der Waals surface area contributed by atoms with Crippen molar-refractivity contribution in [1.82, 2.24) is 9.88 Å². The largest absolute Gasteiger partial charge is 0.497 e. The van der Waals surface area contributed by atoms with Gasteiger partial charge in [0.1, 0.15) is 5.75 Å². The van der Waals surface area contributed by atoms with Crippen molar-refractivity contribution in [2.75, 3.05) is 44.9 Å². The summed E-state index contributed by atoms with van der Waals surface area (Å²) < 4.78 is 31.7. The summed E-state index contributed by atoms with van der Waals surface area (Å²) in [6.07, 6.45) is 0.655. The smallest absolute Gasteiger partial charge is 0.229 e. The molecule has 33 heavy (non-hydrogen) atoms. The molecule has 0 aliphatic rings. The van der Waals surface area contributed by atoms with Crippen LogP contribution in [0.3, 0.4) is 0 Å². The van der Waals surface area contributed by atoms with Gasteiger partial charge in [0.15, 0.2) is 15.0 Å². The summed E-state index contributed by atoms with van der Waals surface area (Å²) >= 11 is 1.47. The van der Waals surface area contributed by atoms with Gasteiger partial charge in [0.05, 0.1) is 28.0 Å². The molecule has 3 rings (SSSR count). The number of carbonyl (C=O) groups excluding carboxylic acids is 1. The highest BCUT2D eigenvalue weighted by Gasteiger charge is 2.23. The molecule has 1 amide bonds. The van der Waals surface area contributed by atoms with Gasteiger partial charge in [-0.2, -0.15) is 0 Å². The molecule has 0 fully saturated rings. The first kappa shape index (κ1) is 25.1. The van der Waals surface area contributed by atoms with Gasteiger partial charge in [-0.05, 0) is 88.4 Å². The fourth-order valence-electron chi connectivity index (χ4n) is 3.41. The Morgan fingerprint density at radius 3 is 2.36 bits per heavy atom. The lowest BCUT2D eigenvalue weighted by Gasteiger charge is -2.21. The van der Waals surface area contributed by atoms with E-state index in [1.54, 1.807) is 17.0 Å². The minimum absolute atomic E-state index is 0.107. The van der Waals surface area contributed by atoms with E-state index < -0.39 is 9.84 Å². The van der Waals surface area contributed by atoms with Crippen molar-refractivity contribution in [2.24, 2.45) is 0 Å². The summed E-state index contributed by atoms with van der Waals surface area (Å²) in [6, 6.07) is 10.3. The second-order valence-electron chi connectivity index (χ2n) is 8.35. The average Bonchev–Trinajstić information content (AvgIpc) is 3.17. The number of ether oxygens (including phenoxy) is 1. The van der Waals surface area contributed by atoms with Gasteiger partial charge >= 0.3 is 0 Å². The predicted molar refractivity (Wildman–Crippen MR) is 134 cm³/mol. The highest BCUT2D eigenvalue weighted by molar-refractivity contribution is 7.91. The Morgan fingerprint density at radius 1 is 1.06 bits per heavy atom. The van der Waals surface area contributed by atoms with Crippen LogP contribution < -0.4 is 9.64 Å². The summed E-state index contributed by atoms with van der Waals surface area (Å²) in [5.41, 5.74) is 3.18. The molecular weight excluding hydrogens is 458 g/mol. The molecule has 0 bridgehead atoms. The SMILES string of the molecule is COc1ccc(S(=O)(=O)CCC(=O)N(CCCN(C)C)c2nc3cc(C)c(C)cc3s2)cc1. The van der Waals surface area contributed by atoms with E-state index in [0.717, 1.165) is 28.7 Å². The number of rotatable bonds is 10. The zero-order valence-electron chi connectivity index (χ0n) is 19.8. The number of carbonyl (C=O) groups is 1. The average molecular weight is 490 g/mol. The molecule has 0 spiro atoms. The zero-order chi connectivity index (χ0) is 24.2. The summed E-state index contributed by atoms with van der Waals surface area (Å²) in [7, 11) is 1.90. The fraction of sp³-hybridized carbons (Fsp3) is 0.417. The van der Waals surface area contributed by atoms with Crippen LogP contribution in [0.5, 0.6) is 5.75 Å². The van der Waals surface area contributed by atoms with E-state index in [1.807, 2.05) is 27.1 Å². The lowest BCUT2D eigenvalue weighted by atomic mass is 10.1. The molecule has 0 unspecified atom stereocenters.